The first kappa shape index (κ1) is 20.7. The van der Waals surface area contributed by atoms with Gasteiger partial charge in [-0.05, 0) is 50.7 Å². The van der Waals surface area contributed by atoms with E-state index in [1.807, 2.05) is 19.9 Å². The van der Waals surface area contributed by atoms with Crippen LogP contribution in [0.5, 0.6) is 0 Å². The number of sulfone groups is 1. The van der Waals surface area contributed by atoms with Gasteiger partial charge < -0.3 is 8.85 Å². The second-order valence-corrected chi connectivity index (χ2v) is 12.0. The smallest absolute Gasteiger partial charge is 0.334 e. The molecule has 0 unspecified atom stereocenters. The molecule has 0 atom stereocenters. The third-order valence-corrected chi connectivity index (χ3v) is 9.54. The third-order valence-electron chi connectivity index (χ3n) is 3.42. The Labute approximate surface area is 146 Å². The van der Waals surface area contributed by atoms with Gasteiger partial charge in [-0.25, -0.2) is 8.42 Å². The van der Waals surface area contributed by atoms with E-state index in [1.165, 1.54) is 0 Å². The predicted molar refractivity (Wildman–Crippen MR) is 100 cm³/mol. The van der Waals surface area contributed by atoms with Gasteiger partial charge in [-0.15, -0.1) is 0 Å². The normalized spacial score (nSPS) is 12.5. The average Bonchev–Trinajstić information content (AvgIpc) is 2.52. The van der Waals surface area contributed by atoms with Crippen LogP contribution in [-0.4, -0.2) is 47.5 Å². The lowest BCUT2D eigenvalue weighted by Gasteiger charge is -2.25. The Hall–Kier alpha value is -0.343. The molecule has 0 saturated heterocycles. The van der Waals surface area contributed by atoms with Gasteiger partial charge in [-0.2, -0.15) is 11.8 Å². The molecule has 132 valence electrons. The van der Waals surface area contributed by atoms with Crippen LogP contribution in [0.3, 0.4) is 0 Å². The van der Waals surface area contributed by atoms with E-state index in [9.17, 15) is 8.42 Å². The molecule has 0 fully saturated rings. The van der Waals surface area contributed by atoms with Crippen molar-refractivity contribution in [1.82, 2.24) is 0 Å². The van der Waals surface area contributed by atoms with Crippen molar-refractivity contribution in [3.05, 3.63) is 30.3 Å². The Bertz CT molecular complexity index is 528. The van der Waals surface area contributed by atoms with Gasteiger partial charge in [0.2, 0.25) is 0 Å². The molecule has 0 amide bonds. The van der Waals surface area contributed by atoms with Gasteiger partial charge in [-0.3, -0.25) is 0 Å². The summed E-state index contributed by atoms with van der Waals surface area (Å²) >= 11 is 1.68. The summed E-state index contributed by atoms with van der Waals surface area (Å²) in [5.41, 5.74) is 0. The number of thioether (sulfide) groups is 1. The molecule has 1 aromatic carbocycles. The van der Waals surface area contributed by atoms with Gasteiger partial charge in [0.25, 0.3) is 0 Å². The first-order valence-corrected chi connectivity index (χ1v) is 13.4. The standard InChI is InChI=1S/C16H28O4S2Si/c1-4-19-23(3,20-5-2)15-9-12-21-13-14-22(17,18)16-10-7-6-8-11-16/h6-8,10-11H,4-5,9,12-15H2,1-3H3. The molecule has 0 heterocycles. The number of hydrogen-bond acceptors (Lipinski definition) is 5. The zero-order valence-electron chi connectivity index (χ0n) is 14.3. The Morgan fingerprint density at radius 2 is 1.65 bits per heavy atom. The van der Waals surface area contributed by atoms with Crippen molar-refractivity contribution in [2.75, 3.05) is 30.5 Å². The van der Waals surface area contributed by atoms with Crippen LogP contribution in [0, 0.1) is 0 Å². The first-order chi connectivity index (χ1) is 10.9. The van der Waals surface area contributed by atoms with Crippen LogP contribution in [0.2, 0.25) is 12.6 Å². The summed E-state index contributed by atoms with van der Waals surface area (Å²) < 4.78 is 35.9. The molecule has 0 radical (unpaired) electrons. The predicted octanol–water partition coefficient (Wildman–Crippen LogP) is 3.73. The fourth-order valence-corrected chi connectivity index (χ4v) is 7.69. The average molecular weight is 377 g/mol. The van der Waals surface area contributed by atoms with Crippen LogP contribution in [0.15, 0.2) is 35.2 Å². The molecule has 1 aromatic rings. The minimum absolute atomic E-state index is 0.188. The molecule has 0 bridgehead atoms. The number of rotatable bonds is 12. The zero-order chi connectivity index (χ0) is 17.2. The van der Waals surface area contributed by atoms with Crippen molar-refractivity contribution in [1.29, 1.82) is 0 Å². The van der Waals surface area contributed by atoms with E-state index in [4.69, 9.17) is 8.85 Å². The van der Waals surface area contributed by atoms with E-state index in [1.54, 1.807) is 36.0 Å². The second kappa shape index (κ2) is 10.5. The van der Waals surface area contributed by atoms with Crippen LogP contribution in [-0.2, 0) is 18.7 Å². The molecule has 0 aromatic heterocycles. The summed E-state index contributed by atoms with van der Waals surface area (Å²) in [6, 6.07) is 9.60. The second-order valence-electron chi connectivity index (χ2n) is 5.35. The molecule has 23 heavy (non-hydrogen) atoms. The van der Waals surface area contributed by atoms with E-state index in [-0.39, 0.29) is 5.75 Å². The van der Waals surface area contributed by atoms with Crippen LogP contribution >= 0.6 is 11.8 Å². The van der Waals surface area contributed by atoms with E-state index < -0.39 is 18.4 Å². The van der Waals surface area contributed by atoms with E-state index >= 15 is 0 Å². The van der Waals surface area contributed by atoms with Crippen molar-refractivity contribution >= 4 is 30.2 Å². The van der Waals surface area contributed by atoms with Gasteiger partial charge in [-0.1, -0.05) is 18.2 Å². The van der Waals surface area contributed by atoms with Crippen molar-refractivity contribution < 1.29 is 17.3 Å². The zero-order valence-corrected chi connectivity index (χ0v) is 16.9. The van der Waals surface area contributed by atoms with Crippen LogP contribution < -0.4 is 0 Å². The minimum Gasteiger partial charge on any atom is -0.395 e. The lowest BCUT2D eigenvalue weighted by atomic mass is 10.4. The van der Waals surface area contributed by atoms with E-state index in [2.05, 4.69) is 6.55 Å². The maximum atomic E-state index is 12.1. The highest BCUT2D eigenvalue weighted by Gasteiger charge is 2.29. The first-order valence-electron chi connectivity index (χ1n) is 8.07. The maximum Gasteiger partial charge on any atom is 0.334 e. The highest BCUT2D eigenvalue weighted by atomic mass is 32.2. The molecule has 0 saturated carbocycles. The lowest BCUT2D eigenvalue weighted by molar-refractivity contribution is 0.189. The van der Waals surface area contributed by atoms with E-state index in [0.29, 0.717) is 23.9 Å². The molecule has 0 aliphatic rings. The van der Waals surface area contributed by atoms with E-state index in [0.717, 1.165) is 18.2 Å². The Morgan fingerprint density at radius 3 is 2.22 bits per heavy atom. The summed E-state index contributed by atoms with van der Waals surface area (Å²) in [7, 11) is -5.19. The molecule has 7 heteroatoms. The van der Waals surface area contributed by atoms with Crippen LogP contribution in [0.1, 0.15) is 20.3 Å². The third kappa shape index (κ3) is 7.85. The summed E-state index contributed by atoms with van der Waals surface area (Å²) in [6.45, 7) is 7.46. The van der Waals surface area contributed by atoms with Gasteiger partial charge in [0.1, 0.15) is 0 Å². The van der Waals surface area contributed by atoms with Crippen molar-refractivity contribution in [3.63, 3.8) is 0 Å². The summed E-state index contributed by atoms with van der Waals surface area (Å²) in [6.07, 6.45) is 0.999. The highest BCUT2D eigenvalue weighted by molar-refractivity contribution is 8.00. The van der Waals surface area contributed by atoms with Gasteiger partial charge in [0.05, 0.1) is 10.6 Å². The molecule has 4 nitrogen and oxygen atoms in total. The Morgan fingerprint density at radius 1 is 1.04 bits per heavy atom. The Balaban J connectivity index is 2.27. The molecule has 0 aliphatic carbocycles. The minimum atomic E-state index is -3.15. The fourth-order valence-electron chi connectivity index (χ4n) is 2.31. The van der Waals surface area contributed by atoms with Crippen molar-refractivity contribution in [2.45, 2.75) is 37.8 Å². The lowest BCUT2D eigenvalue weighted by Crippen LogP contribution is -2.38. The molecule has 0 N–H and O–H groups in total. The van der Waals surface area contributed by atoms with Gasteiger partial charge >= 0.3 is 8.56 Å². The topological polar surface area (TPSA) is 52.6 Å². The molecular weight excluding hydrogens is 348 g/mol. The molecule has 1 rings (SSSR count). The van der Waals surface area contributed by atoms with Crippen molar-refractivity contribution in [2.24, 2.45) is 0 Å². The van der Waals surface area contributed by atoms with Gasteiger partial charge in [0.15, 0.2) is 9.84 Å². The maximum absolute atomic E-state index is 12.1. The monoisotopic (exact) mass is 376 g/mol. The van der Waals surface area contributed by atoms with Gasteiger partial charge in [0, 0.05) is 19.0 Å². The summed E-state index contributed by atoms with van der Waals surface area (Å²) in [4.78, 5) is 0.410. The highest BCUT2D eigenvalue weighted by Crippen LogP contribution is 2.19. The largest absolute Gasteiger partial charge is 0.395 e. The molecular formula is C16H28O4S2Si. The fraction of sp³-hybridized carbons (Fsp3) is 0.625. The number of benzene rings is 1. The van der Waals surface area contributed by atoms with Crippen molar-refractivity contribution in [3.8, 4) is 0 Å². The quantitative estimate of drug-likeness (QED) is 0.411. The summed E-state index contributed by atoms with van der Waals surface area (Å²) in [5.74, 6) is 1.75. The summed E-state index contributed by atoms with van der Waals surface area (Å²) in [5, 5.41) is 0. The SMILES string of the molecule is CCO[Si](C)(CCCSCCS(=O)(=O)c1ccccc1)OCC. The molecule has 0 aliphatic heterocycles. The van der Waals surface area contributed by atoms with Crippen LogP contribution in [0.4, 0.5) is 0 Å². The molecule has 0 spiro atoms. The van der Waals surface area contributed by atoms with Crippen LogP contribution in [0.25, 0.3) is 0 Å². The Kier molecular flexibility index (Phi) is 9.46. The number of hydrogen-bond donors (Lipinski definition) is 0.